The molecule has 0 radical (unpaired) electrons. The molecule has 0 saturated carbocycles. The second-order valence-electron chi connectivity index (χ2n) is 5.93. The van der Waals surface area contributed by atoms with Gasteiger partial charge in [-0.3, -0.25) is 14.2 Å². The minimum Gasteiger partial charge on any atom is -0.340 e. The van der Waals surface area contributed by atoms with Gasteiger partial charge < -0.3 is 4.90 Å². The number of carbonyl (C=O) groups excluding carboxylic acids is 1. The van der Waals surface area contributed by atoms with Gasteiger partial charge in [0.15, 0.2) is 5.69 Å². The molecule has 0 aromatic carbocycles. The highest BCUT2D eigenvalue weighted by atomic mass is 79.9. The van der Waals surface area contributed by atoms with Crippen LogP contribution in [0.5, 0.6) is 0 Å². The third kappa shape index (κ3) is 3.88. The second-order valence-corrected chi connectivity index (χ2v) is 6.72. The molecule has 25 heavy (non-hydrogen) atoms. The van der Waals surface area contributed by atoms with Gasteiger partial charge >= 0.3 is 6.18 Å². The molecule has 0 saturated heterocycles. The molecule has 0 spiro atoms. The van der Waals surface area contributed by atoms with Gasteiger partial charge in [-0.15, -0.1) is 0 Å². The monoisotopic (exact) mass is 421 g/mol. The fourth-order valence-corrected chi connectivity index (χ4v) is 2.99. The normalized spacial score (nSPS) is 11.9. The van der Waals surface area contributed by atoms with Gasteiger partial charge in [-0.05, 0) is 36.7 Å². The summed E-state index contributed by atoms with van der Waals surface area (Å²) in [4.78, 5) is 13.9. The first-order valence-corrected chi connectivity index (χ1v) is 8.26. The van der Waals surface area contributed by atoms with E-state index in [1.165, 1.54) is 11.8 Å². The van der Waals surface area contributed by atoms with E-state index in [4.69, 9.17) is 0 Å². The van der Waals surface area contributed by atoms with Crippen molar-refractivity contribution in [2.75, 3.05) is 7.05 Å². The third-order valence-corrected chi connectivity index (χ3v) is 5.12. The number of hydrogen-bond donors (Lipinski definition) is 0. The Balaban J connectivity index is 2.17. The van der Waals surface area contributed by atoms with Crippen LogP contribution in [0.4, 0.5) is 13.2 Å². The summed E-state index contributed by atoms with van der Waals surface area (Å²) < 4.78 is 41.4. The first kappa shape index (κ1) is 19.5. The zero-order chi connectivity index (χ0) is 19.1. The minimum atomic E-state index is -4.58. The van der Waals surface area contributed by atoms with Crippen molar-refractivity contribution in [3.63, 3.8) is 0 Å². The van der Waals surface area contributed by atoms with Crippen LogP contribution in [0, 0.1) is 20.8 Å². The van der Waals surface area contributed by atoms with E-state index in [0.29, 0.717) is 6.54 Å². The van der Waals surface area contributed by atoms with Gasteiger partial charge in [0, 0.05) is 31.9 Å². The van der Waals surface area contributed by atoms with Gasteiger partial charge in [0.2, 0.25) is 5.91 Å². The van der Waals surface area contributed by atoms with E-state index in [9.17, 15) is 18.0 Å². The van der Waals surface area contributed by atoms with Crippen LogP contribution in [0.15, 0.2) is 4.47 Å². The van der Waals surface area contributed by atoms with Gasteiger partial charge in [0.25, 0.3) is 0 Å². The number of likely N-dealkylation sites (N-methyl/N-ethyl adjacent to an activating group) is 1. The van der Waals surface area contributed by atoms with Gasteiger partial charge in [-0.25, -0.2) is 0 Å². The van der Waals surface area contributed by atoms with Crippen molar-refractivity contribution >= 4 is 21.8 Å². The summed E-state index contributed by atoms with van der Waals surface area (Å²) in [6, 6.07) is 0. The predicted octanol–water partition coefficient (Wildman–Crippen LogP) is 2.98. The fraction of sp³-hybridized carbons (Fsp3) is 0.533. The lowest BCUT2D eigenvalue weighted by atomic mass is 10.2. The maximum atomic E-state index is 12.9. The molecular formula is C15H19BrF3N5O. The quantitative estimate of drug-likeness (QED) is 0.762. The first-order chi connectivity index (χ1) is 11.4. The number of hydrogen-bond acceptors (Lipinski definition) is 3. The van der Waals surface area contributed by atoms with Crippen LogP contribution >= 0.6 is 15.9 Å². The van der Waals surface area contributed by atoms with Crippen LogP contribution < -0.4 is 0 Å². The second kappa shape index (κ2) is 6.81. The number of alkyl halides is 3. The van der Waals surface area contributed by atoms with Gasteiger partial charge in [-0.1, -0.05) is 0 Å². The zero-order valence-corrected chi connectivity index (χ0v) is 16.2. The molecule has 138 valence electrons. The molecule has 0 bridgehead atoms. The summed E-state index contributed by atoms with van der Waals surface area (Å²) in [7, 11) is 3.42. The summed E-state index contributed by atoms with van der Waals surface area (Å²) in [6.45, 7) is 5.30. The zero-order valence-electron chi connectivity index (χ0n) is 14.6. The standard InChI is InChI=1S/C15H19BrF3N5O/c1-8-11(9(2)23(5)20-8)6-22(4)12(25)7-24-10(3)13(16)14(21-24)15(17,18)19/h6-7H2,1-5H3. The van der Waals surface area contributed by atoms with Crippen LogP contribution in [0.3, 0.4) is 0 Å². The van der Waals surface area contributed by atoms with Crippen LogP contribution in [0.25, 0.3) is 0 Å². The van der Waals surface area contributed by atoms with E-state index in [1.54, 1.807) is 11.7 Å². The van der Waals surface area contributed by atoms with E-state index in [0.717, 1.165) is 21.6 Å². The predicted molar refractivity (Wildman–Crippen MR) is 88.8 cm³/mol. The average molecular weight is 422 g/mol. The van der Waals surface area contributed by atoms with Gasteiger partial charge in [0.1, 0.15) is 6.54 Å². The molecule has 0 atom stereocenters. The number of nitrogens with zero attached hydrogens (tertiary/aromatic N) is 5. The number of carbonyl (C=O) groups is 1. The number of aryl methyl sites for hydroxylation is 2. The highest BCUT2D eigenvalue weighted by molar-refractivity contribution is 9.10. The molecule has 0 fully saturated rings. The summed E-state index contributed by atoms with van der Waals surface area (Å²) in [5.41, 5.74) is 1.90. The number of rotatable bonds is 4. The highest BCUT2D eigenvalue weighted by Gasteiger charge is 2.38. The lowest BCUT2D eigenvalue weighted by Gasteiger charge is -2.18. The minimum absolute atomic E-state index is 0.144. The molecule has 0 aliphatic rings. The van der Waals surface area contributed by atoms with E-state index in [1.807, 2.05) is 20.9 Å². The van der Waals surface area contributed by atoms with Crippen molar-refractivity contribution in [3.05, 3.63) is 32.8 Å². The third-order valence-electron chi connectivity index (χ3n) is 4.17. The highest BCUT2D eigenvalue weighted by Crippen LogP contribution is 2.35. The molecule has 2 aromatic rings. The summed E-state index contributed by atoms with van der Waals surface area (Å²) in [6.07, 6.45) is -4.58. The number of amides is 1. The summed E-state index contributed by atoms with van der Waals surface area (Å²) >= 11 is 2.90. The Labute approximate surface area is 151 Å². The molecule has 0 aliphatic heterocycles. The van der Waals surface area contributed by atoms with Crippen LogP contribution in [0.2, 0.25) is 0 Å². The Hall–Kier alpha value is -1.84. The van der Waals surface area contributed by atoms with Gasteiger partial charge in [0.05, 0.1) is 15.9 Å². The van der Waals surface area contributed by atoms with E-state index in [-0.39, 0.29) is 22.6 Å². The molecule has 10 heteroatoms. The first-order valence-electron chi connectivity index (χ1n) is 7.46. The fourth-order valence-electron chi connectivity index (χ4n) is 2.48. The van der Waals surface area contributed by atoms with E-state index < -0.39 is 11.9 Å². The Morgan fingerprint density at radius 3 is 2.24 bits per heavy atom. The molecule has 2 aromatic heterocycles. The number of halogens is 4. The van der Waals surface area contributed by atoms with Crippen LogP contribution in [0.1, 0.15) is 28.3 Å². The smallest absolute Gasteiger partial charge is 0.340 e. The maximum Gasteiger partial charge on any atom is 0.436 e. The Kier molecular flexibility index (Phi) is 5.31. The summed E-state index contributed by atoms with van der Waals surface area (Å²) in [5, 5.41) is 7.82. The van der Waals surface area contributed by atoms with Crippen molar-refractivity contribution in [2.24, 2.45) is 7.05 Å². The SMILES string of the molecule is Cc1nn(C)c(C)c1CN(C)C(=O)Cn1nc(C(F)(F)F)c(Br)c1C. The van der Waals surface area contributed by atoms with Gasteiger partial charge in [-0.2, -0.15) is 23.4 Å². The Morgan fingerprint density at radius 1 is 1.20 bits per heavy atom. The molecular weight excluding hydrogens is 403 g/mol. The molecule has 6 nitrogen and oxygen atoms in total. The van der Waals surface area contributed by atoms with Crippen LogP contribution in [-0.2, 0) is 31.1 Å². The van der Waals surface area contributed by atoms with E-state index in [2.05, 4.69) is 26.1 Å². The number of aromatic nitrogens is 4. The van der Waals surface area contributed by atoms with Crippen molar-refractivity contribution in [1.82, 2.24) is 24.5 Å². The summed E-state index contributed by atoms with van der Waals surface area (Å²) in [5.74, 6) is -0.338. The van der Waals surface area contributed by atoms with Crippen molar-refractivity contribution in [1.29, 1.82) is 0 Å². The molecule has 0 aliphatic carbocycles. The van der Waals surface area contributed by atoms with Crippen molar-refractivity contribution in [2.45, 2.75) is 40.0 Å². The molecule has 1 amide bonds. The lowest BCUT2D eigenvalue weighted by Crippen LogP contribution is -2.31. The Morgan fingerprint density at radius 2 is 1.80 bits per heavy atom. The van der Waals surface area contributed by atoms with Crippen molar-refractivity contribution < 1.29 is 18.0 Å². The average Bonchev–Trinajstić information content (AvgIpc) is 2.91. The van der Waals surface area contributed by atoms with Crippen LogP contribution in [-0.4, -0.2) is 37.4 Å². The molecule has 2 heterocycles. The van der Waals surface area contributed by atoms with E-state index >= 15 is 0 Å². The lowest BCUT2D eigenvalue weighted by molar-refractivity contribution is -0.142. The maximum absolute atomic E-state index is 12.9. The molecule has 0 unspecified atom stereocenters. The van der Waals surface area contributed by atoms with Crippen molar-refractivity contribution in [3.8, 4) is 0 Å². The largest absolute Gasteiger partial charge is 0.436 e. The topological polar surface area (TPSA) is 56.0 Å². The molecule has 2 rings (SSSR count). The molecule has 0 N–H and O–H groups in total. The Bertz CT molecular complexity index is 809.